The molecule has 0 spiro atoms. The molecule has 0 fully saturated rings. The van der Waals surface area contributed by atoms with Crippen LogP contribution in [0.15, 0.2) is 30.3 Å². The number of para-hydroxylation sites is 1. The van der Waals surface area contributed by atoms with Gasteiger partial charge in [0.1, 0.15) is 11.6 Å². The summed E-state index contributed by atoms with van der Waals surface area (Å²) in [6.07, 6.45) is 1.99. The minimum atomic E-state index is 0.351. The summed E-state index contributed by atoms with van der Waals surface area (Å²) >= 11 is 0. The first-order valence-electron chi connectivity index (χ1n) is 7.76. The summed E-state index contributed by atoms with van der Waals surface area (Å²) in [5, 5.41) is 20.0. The number of rotatable bonds is 4. The Hall–Kier alpha value is -2.61. The Bertz CT molecular complexity index is 791. The maximum atomic E-state index is 4.44. The van der Waals surface area contributed by atoms with Crippen molar-refractivity contribution < 1.29 is 0 Å². The Balaban J connectivity index is 1.44. The van der Waals surface area contributed by atoms with E-state index in [9.17, 15) is 0 Å². The fourth-order valence-corrected chi connectivity index (χ4v) is 2.92. The van der Waals surface area contributed by atoms with E-state index in [4.69, 9.17) is 0 Å². The summed E-state index contributed by atoms with van der Waals surface area (Å²) in [5.41, 5.74) is 0.965. The predicted molar refractivity (Wildman–Crippen MR) is 82.9 cm³/mol. The molecule has 0 saturated heterocycles. The first-order chi connectivity index (χ1) is 11.3. The Morgan fingerprint density at radius 1 is 1.26 bits per heavy atom. The van der Waals surface area contributed by atoms with Crippen LogP contribution in [-0.4, -0.2) is 41.0 Å². The van der Waals surface area contributed by atoms with Gasteiger partial charge in [0.15, 0.2) is 5.82 Å². The minimum absolute atomic E-state index is 0.351. The van der Waals surface area contributed by atoms with Crippen LogP contribution in [0.3, 0.4) is 0 Å². The molecule has 0 radical (unpaired) electrons. The normalized spacial score (nSPS) is 17.2. The van der Waals surface area contributed by atoms with E-state index in [-0.39, 0.29) is 0 Å². The highest BCUT2D eigenvalue weighted by atomic mass is 15.5. The van der Waals surface area contributed by atoms with Crippen LogP contribution in [0, 0.1) is 6.92 Å². The van der Waals surface area contributed by atoms with Gasteiger partial charge in [-0.1, -0.05) is 18.2 Å². The van der Waals surface area contributed by atoms with E-state index < -0.39 is 0 Å². The van der Waals surface area contributed by atoms with Gasteiger partial charge in [0, 0.05) is 12.5 Å². The number of aryl methyl sites for hydroxylation is 2. The summed E-state index contributed by atoms with van der Waals surface area (Å²) < 4.78 is 3.76. The molecule has 3 heterocycles. The van der Waals surface area contributed by atoms with Crippen molar-refractivity contribution in [2.24, 2.45) is 0 Å². The lowest BCUT2D eigenvalue weighted by Gasteiger charge is -2.23. The van der Waals surface area contributed by atoms with Gasteiger partial charge >= 0.3 is 0 Å². The summed E-state index contributed by atoms with van der Waals surface area (Å²) in [4.78, 5) is 4.44. The maximum Gasteiger partial charge on any atom is 0.170 e. The van der Waals surface area contributed by atoms with Crippen LogP contribution in [0.5, 0.6) is 0 Å². The van der Waals surface area contributed by atoms with E-state index in [0.717, 1.165) is 42.5 Å². The average molecular weight is 310 g/mol. The van der Waals surface area contributed by atoms with E-state index in [1.54, 1.807) is 4.68 Å². The zero-order chi connectivity index (χ0) is 15.6. The van der Waals surface area contributed by atoms with Crippen molar-refractivity contribution in [3.05, 3.63) is 47.8 Å². The van der Waals surface area contributed by atoms with Crippen molar-refractivity contribution in [2.45, 2.75) is 38.9 Å². The maximum absolute atomic E-state index is 4.44. The molecule has 1 aliphatic rings. The zero-order valence-electron chi connectivity index (χ0n) is 12.9. The van der Waals surface area contributed by atoms with Gasteiger partial charge in [0.2, 0.25) is 0 Å². The van der Waals surface area contributed by atoms with E-state index in [1.807, 2.05) is 41.9 Å². The molecule has 8 nitrogen and oxygen atoms in total. The van der Waals surface area contributed by atoms with E-state index in [0.29, 0.717) is 12.6 Å². The molecule has 118 valence electrons. The van der Waals surface area contributed by atoms with Gasteiger partial charge in [-0.3, -0.25) is 0 Å². The first-order valence-corrected chi connectivity index (χ1v) is 7.76. The molecule has 4 rings (SSSR count). The van der Waals surface area contributed by atoms with Crippen LogP contribution in [-0.2, 0) is 19.5 Å². The summed E-state index contributed by atoms with van der Waals surface area (Å²) in [7, 11) is 0. The summed E-state index contributed by atoms with van der Waals surface area (Å²) in [6.45, 7) is 3.39. The number of aromatic nitrogens is 7. The second-order valence-electron chi connectivity index (χ2n) is 5.72. The fourth-order valence-electron chi connectivity index (χ4n) is 2.92. The highest BCUT2D eigenvalue weighted by molar-refractivity contribution is 5.30. The average Bonchev–Trinajstić information content (AvgIpc) is 3.18. The summed E-state index contributed by atoms with van der Waals surface area (Å²) in [5.74, 6) is 2.72. The van der Waals surface area contributed by atoms with Crippen LogP contribution < -0.4 is 5.32 Å². The van der Waals surface area contributed by atoms with Crippen molar-refractivity contribution in [3.63, 3.8) is 0 Å². The number of benzene rings is 1. The Morgan fingerprint density at radius 3 is 3.00 bits per heavy atom. The van der Waals surface area contributed by atoms with Gasteiger partial charge in [-0.2, -0.15) is 9.78 Å². The highest BCUT2D eigenvalue weighted by Crippen LogP contribution is 2.13. The van der Waals surface area contributed by atoms with E-state index in [2.05, 4.69) is 30.9 Å². The van der Waals surface area contributed by atoms with Crippen LogP contribution in [0.2, 0.25) is 0 Å². The fraction of sp³-hybridized carbons (Fsp3) is 0.400. The molecule has 1 N–H and O–H groups in total. The summed E-state index contributed by atoms with van der Waals surface area (Å²) in [6, 6.07) is 10.3. The lowest BCUT2D eigenvalue weighted by molar-refractivity contribution is 0.354. The van der Waals surface area contributed by atoms with Crippen molar-refractivity contribution in [2.75, 3.05) is 0 Å². The molecule has 1 atom stereocenters. The third kappa shape index (κ3) is 2.85. The number of nitrogens with one attached hydrogen (secondary N) is 1. The lowest BCUT2D eigenvalue weighted by atomic mass is 10.1. The molecule has 0 unspecified atom stereocenters. The van der Waals surface area contributed by atoms with E-state index >= 15 is 0 Å². The van der Waals surface area contributed by atoms with Crippen LogP contribution in [0.1, 0.15) is 23.9 Å². The van der Waals surface area contributed by atoms with Crippen molar-refractivity contribution >= 4 is 0 Å². The smallest absolute Gasteiger partial charge is 0.170 e. The largest absolute Gasteiger partial charge is 0.305 e. The minimum Gasteiger partial charge on any atom is -0.305 e. The monoisotopic (exact) mass is 310 g/mol. The third-order valence-corrected chi connectivity index (χ3v) is 4.05. The van der Waals surface area contributed by atoms with Gasteiger partial charge in [-0.05, 0) is 35.9 Å². The molecule has 0 amide bonds. The molecule has 0 bridgehead atoms. The van der Waals surface area contributed by atoms with Gasteiger partial charge in [-0.15, -0.1) is 5.10 Å². The SMILES string of the molecule is Cc1nc2n(n1)C[C@H](NCc1nnnn1-c1ccccc1)CC2. The Kier molecular flexibility index (Phi) is 3.58. The highest BCUT2D eigenvalue weighted by Gasteiger charge is 2.21. The third-order valence-electron chi connectivity index (χ3n) is 4.05. The quantitative estimate of drug-likeness (QED) is 0.762. The molecule has 1 aliphatic heterocycles. The number of nitrogens with zero attached hydrogens (tertiary/aromatic N) is 7. The topological polar surface area (TPSA) is 86.3 Å². The van der Waals surface area contributed by atoms with Crippen LogP contribution in [0.25, 0.3) is 5.69 Å². The van der Waals surface area contributed by atoms with Crippen molar-refractivity contribution in [3.8, 4) is 5.69 Å². The van der Waals surface area contributed by atoms with Gasteiger partial charge in [0.25, 0.3) is 0 Å². The number of fused-ring (bicyclic) bond motifs is 1. The molecule has 2 aromatic heterocycles. The molecule has 23 heavy (non-hydrogen) atoms. The lowest BCUT2D eigenvalue weighted by Crippen LogP contribution is -2.38. The number of tetrazole rings is 1. The first kappa shape index (κ1) is 14.0. The molecule has 8 heteroatoms. The molecule has 0 saturated carbocycles. The molecular weight excluding hydrogens is 292 g/mol. The van der Waals surface area contributed by atoms with E-state index in [1.165, 1.54) is 0 Å². The van der Waals surface area contributed by atoms with Gasteiger partial charge in [-0.25, -0.2) is 9.67 Å². The Labute approximate surface area is 133 Å². The van der Waals surface area contributed by atoms with Crippen LogP contribution in [0.4, 0.5) is 0 Å². The second-order valence-corrected chi connectivity index (χ2v) is 5.72. The van der Waals surface area contributed by atoms with Crippen molar-refractivity contribution in [1.82, 2.24) is 40.3 Å². The standard InChI is InChI=1S/C15H18N8/c1-11-17-14-8-7-12(10-22(14)19-11)16-9-15-18-20-21-23(15)13-5-3-2-4-6-13/h2-6,12,16H,7-10H2,1H3/t12-/m1/s1. The molecule has 1 aromatic carbocycles. The van der Waals surface area contributed by atoms with Gasteiger partial charge in [0.05, 0.1) is 18.8 Å². The van der Waals surface area contributed by atoms with Crippen molar-refractivity contribution in [1.29, 1.82) is 0 Å². The Morgan fingerprint density at radius 2 is 2.13 bits per heavy atom. The molecular formula is C15H18N8. The number of hydrogen-bond donors (Lipinski definition) is 1. The second kappa shape index (κ2) is 5.88. The molecule has 3 aromatic rings. The molecule has 0 aliphatic carbocycles. The van der Waals surface area contributed by atoms with Gasteiger partial charge < -0.3 is 5.32 Å². The predicted octanol–water partition coefficient (Wildman–Crippen LogP) is 0.667. The zero-order valence-corrected chi connectivity index (χ0v) is 12.9. The number of hydrogen-bond acceptors (Lipinski definition) is 6. The van der Waals surface area contributed by atoms with Crippen LogP contribution >= 0.6 is 0 Å².